The number of likely N-dealkylation sites (tertiary alicyclic amines) is 1. The predicted molar refractivity (Wildman–Crippen MR) is 56.8 cm³/mol. The molecule has 1 rings (SSSR count). The normalized spacial score (nSPS) is 16.8. The molecule has 2 amide bonds. The molecule has 0 saturated carbocycles. The molecule has 0 aromatic heterocycles. The summed E-state index contributed by atoms with van der Waals surface area (Å²) < 4.78 is 0. The molecule has 0 aliphatic carbocycles. The molecule has 0 unspecified atom stereocenters. The summed E-state index contributed by atoms with van der Waals surface area (Å²) in [5.41, 5.74) is 5.29. The van der Waals surface area contributed by atoms with Gasteiger partial charge in [-0.3, -0.25) is 0 Å². The first-order valence-electron chi connectivity index (χ1n) is 5.23. The van der Waals surface area contributed by atoms with Crippen molar-refractivity contribution in [2.75, 3.05) is 19.6 Å². The fourth-order valence-corrected chi connectivity index (χ4v) is 1.55. The highest BCUT2D eigenvalue weighted by Crippen LogP contribution is 2.06. The molecule has 0 radical (unpaired) electrons. The van der Waals surface area contributed by atoms with Crippen LogP contribution in [0.3, 0.4) is 0 Å². The highest BCUT2D eigenvalue weighted by Gasteiger charge is 2.16. The number of nitrogens with zero attached hydrogens (tertiary/aromatic N) is 2. The number of carbonyl (C=O) groups excluding carboxylic acids is 1. The van der Waals surface area contributed by atoms with E-state index in [1.165, 1.54) is 0 Å². The van der Waals surface area contributed by atoms with Crippen LogP contribution < -0.4 is 11.1 Å². The number of urea groups is 1. The van der Waals surface area contributed by atoms with Crippen LogP contribution in [0, 0.1) is 0 Å². The van der Waals surface area contributed by atoms with Crippen molar-refractivity contribution >= 4 is 11.9 Å². The number of amides is 2. The number of hydrogen-bond acceptors (Lipinski definition) is 3. The minimum absolute atomic E-state index is 0.00740. The van der Waals surface area contributed by atoms with Crippen molar-refractivity contribution in [2.45, 2.75) is 25.7 Å². The molecule has 6 nitrogen and oxygen atoms in total. The van der Waals surface area contributed by atoms with Gasteiger partial charge in [0, 0.05) is 26.1 Å². The first-order chi connectivity index (χ1) is 7.24. The van der Waals surface area contributed by atoms with E-state index in [1.807, 2.05) is 4.90 Å². The molecule has 0 bridgehead atoms. The summed E-state index contributed by atoms with van der Waals surface area (Å²) in [5.74, 6) is 0.199. The fraction of sp³-hybridized carbons (Fsp3) is 0.778. The van der Waals surface area contributed by atoms with E-state index in [0.29, 0.717) is 19.4 Å². The number of hydrogen-bond donors (Lipinski definition) is 3. The summed E-state index contributed by atoms with van der Waals surface area (Å²) in [7, 11) is 0. The van der Waals surface area contributed by atoms with Crippen LogP contribution in [0.5, 0.6) is 0 Å². The van der Waals surface area contributed by atoms with Crippen molar-refractivity contribution in [1.82, 2.24) is 10.2 Å². The largest absolute Gasteiger partial charge is 0.409 e. The van der Waals surface area contributed by atoms with E-state index in [4.69, 9.17) is 10.9 Å². The summed E-state index contributed by atoms with van der Waals surface area (Å²) in [6.07, 6.45) is 3.38. The monoisotopic (exact) mass is 214 g/mol. The topological polar surface area (TPSA) is 91.0 Å². The summed E-state index contributed by atoms with van der Waals surface area (Å²) in [4.78, 5) is 13.3. The third-order valence-electron chi connectivity index (χ3n) is 2.41. The van der Waals surface area contributed by atoms with Crippen LogP contribution in [0.1, 0.15) is 25.7 Å². The molecule has 1 aliphatic heterocycles. The Bertz CT molecular complexity index is 236. The maximum Gasteiger partial charge on any atom is 0.317 e. The SMILES string of the molecule is NC(CCCNC(=O)N1CCCC1)=NO. The van der Waals surface area contributed by atoms with Crippen LogP contribution in [0.2, 0.25) is 0 Å². The van der Waals surface area contributed by atoms with Gasteiger partial charge in [-0.25, -0.2) is 4.79 Å². The lowest BCUT2D eigenvalue weighted by Crippen LogP contribution is -2.38. The zero-order valence-electron chi connectivity index (χ0n) is 8.78. The van der Waals surface area contributed by atoms with E-state index in [9.17, 15) is 4.79 Å². The van der Waals surface area contributed by atoms with E-state index in [0.717, 1.165) is 25.9 Å². The lowest BCUT2D eigenvalue weighted by molar-refractivity contribution is 0.209. The zero-order valence-corrected chi connectivity index (χ0v) is 8.78. The van der Waals surface area contributed by atoms with E-state index >= 15 is 0 Å². The first kappa shape index (κ1) is 11.6. The molecule has 0 aromatic carbocycles. The third-order valence-corrected chi connectivity index (χ3v) is 2.41. The molecule has 4 N–H and O–H groups in total. The Morgan fingerprint density at radius 1 is 1.47 bits per heavy atom. The van der Waals surface area contributed by atoms with Crippen molar-refractivity contribution in [2.24, 2.45) is 10.9 Å². The van der Waals surface area contributed by atoms with Crippen LogP contribution in [-0.4, -0.2) is 41.6 Å². The number of carbonyl (C=O) groups is 1. The standard InChI is InChI=1S/C9H18N4O2/c10-8(12-15)4-3-5-11-9(14)13-6-1-2-7-13/h15H,1-7H2,(H2,10,12)(H,11,14). The Morgan fingerprint density at radius 2 is 2.13 bits per heavy atom. The van der Waals surface area contributed by atoms with Crippen molar-refractivity contribution in [3.05, 3.63) is 0 Å². The van der Waals surface area contributed by atoms with Crippen molar-refractivity contribution in [3.63, 3.8) is 0 Å². The highest BCUT2D eigenvalue weighted by molar-refractivity contribution is 5.79. The van der Waals surface area contributed by atoms with Crippen molar-refractivity contribution in [3.8, 4) is 0 Å². The summed E-state index contributed by atoms with van der Waals surface area (Å²) >= 11 is 0. The van der Waals surface area contributed by atoms with Gasteiger partial charge in [-0.1, -0.05) is 5.16 Å². The average molecular weight is 214 g/mol. The van der Waals surface area contributed by atoms with Gasteiger partial charge in [-0.15, -0.1) is 0 Å². The van der Waals surface area contributed by atoms with E-state index < -0.39 is 0 Å². The first-order valence-corrected chi connectivity index (χ1v) is 5.23. The quantitative estimate of drug-likeness (QED) is 0.207. The summed E-state index contributed by atoms with van der Waals surface area (Å²) in [6.45, 7) is 2.27. The van der Waals surface area contributed by atoms with Crippen LogP contribution in [0.4, 0.5) is 4.79 Å². The van der Waals surface area contributed by atoms with Gasteiger partial charge < -0.3 is 21.2 Å². The van der Waals surface area contributed by atoms with Crippen LogP contribution >= 0.6 is 0 Å². The van der Waals surface area contributed by atoms with Gasteiger partial charge in [-0.2, -0.15) is 0 Å². The van der Waals surface area contributed by atoms with Gasteiger partial charge in [-0.05, 0) is 19.3 Å². The molecule has 0 atom stereocenters. The molecule has 1 heterocycles. The van der Waals surface area contributed by atoms with Gasteiger partial charge in [0.15, 0.2) is 0 Å². The average Bonchev–Trinajstić information content (AvgIpc) is 2.77. The molecule has 15 heavy (non-hydrogen) atoms. The Balaban J connectivity index is 2.06. The molecule has 1 fully saturated rings. The zero-order chi connectivity index (χ0) is 11.1. The van der Waals surface area contributed by atoms with Crippen LogP contribution in [0.25, 0.3) is 0 Å². The summed E-state index contributed by atoms with van der Waals surface area (Å²) in [5, 5.41) is 13.9. The van der Waals surface area contributed by atoms with Gasteiger partial charge in [0.1, 0.15) is 5.84 Å². The van der Waals surface area contributed by atoms with Crippen molar-refractivity contribution < 1.29 is 10.0 Å². The van der Waals surface area contributed by atoms with Gasteiger partial charge in [0.2, 0.25) is 0 Å². The highest BCUT2D eigenvalue weighted by atomic mass is 16.4. The molecule has 6 heteroatoms. The lowest BCUT2D eigenvalue weighted by atomic mass is 10.3. The van der Waals surface area contributed by atoms with Crippen LogP contribution in [-0.2, 0) is 0 Å². The maximum atomic E-state index is 11.5. The molecular formula is C9H18N4O2. The summed E-state index contributed by atoms with van der Waals surface area (Å²) in [6, 6.07) is -0.00740. The second-order valence-corrected chi connectivity index (χ2v) is 3.62. The molecule has 1 aliphatic rings. The smallest absolute Gasteiger partial charge is 0.317 e. The number of oxime groups is 1. The molecule has 1 saturated heterocycles. The second kappa shape index (κ2) is 6.10. The van der Waals surface area contributed by atoms with E-state index in [-0.39, 0.29) is 11.9 Å². The number of nitrogens with two attached hydrogens (primary N) is 1. The minimum Gasteiger partial charge on any atom is -0.409 e. The fourth-order valence-electron chi connectivity index (χ4n) is 1.55. The van der Waals surface area contributed by atoms with Crippen molar-refractivity contribution in [1.29, 1.82) is 0 Å². The molecule has 0 spiro atoms. The number of nitrogens with one attached hydrogen (secondary N) is 1. The van der Waals surface area contributed by atoms with Crippen LogP contribution in [0.15, 0.2) is 5.16 Å². The van der Waals surface area contributed by atoms with E-state index in [1.54, 1.807) is 0 Å². The van der Waals surface area contributed by atoms with Gasteiger partial charge in [0.25, 0.3) is 0 Å². The molecular weight excluding hydrogens is 196 g/mol. The molecule has 0 aromatic rings. The Kier molecular flexibility index (Phi) is 4.73. The minimum atomic E-state index is -0.00740. The Labute approximate surface area is 89.1 Å². The number of amidine groups is 1. The number of rotatable bonds is 4. The van der Waals surface area contributed by atoms with Gasteiger partial charge in [0.05, 0.1) is 0 Å². The lowest BCUT2D eigenvalue weighted by Gasteiger charge is -2.15. The van der Waals surface area contributed by atoms with E-state index in [2.05, 4.69) is 10.5 Å². The Morgan fingerprint density at radius 3 is 2.73 bits per heavy atom. The molecule has 86 valence electrons. The predicted octanol–water partition coefficient (Wildman–Crippen LogP) is 0.318. The maximum absolute atomic E-state index is 11.5. The third kappa shape index (κ3) is 4.05. The van der Waals surface area contributed by atoms with Gasteiger partial charge >= 0.3 is 6.03 Å². The second-order valence-electron chi connectivity index (χ2n) is 3.62. The Hall–Kier alpha value is -1.46.